The number of carbonyl (C=O) groups is 1. The number of aromatic nitrogens is 2. The molecule has 1 aromatic rings. The molecule has 1 rings (SSSR count). The van der Waals surface area contributed by atoms with Crippen LogP contribution in [0.3, 0.4) is 0 Å². The molecule has 0 aliphatic carbocycles. The van der Waals surface area contributed by atoms with Crippen LogP contribution in [0.1, 0.15) is 39.4 Å². The van der Waals surface area contributed by atoms with E-state index in [-0.39, 0.29) is 29.1 Å². The Balaban J connectivity index is 2.94. The number of rotatable bonds is 5. The van der Waals surface area contributed by atoms with E-state index >= 15 is 0 Å². The first-order valence-corrected chi connectivity index (χ1v) is 6.73. The fourth-order valence-corrected chi connectivity index (χ4v) is 1.79. The molecule has 0 atom stereocenters. The average molecular weight is 286 g/mol. The molecule has 0 aliphatic rings. The van der Waals surface area contributed by atoms with Crippen molar-refractivity contribution in [3.05, 3.63) is 27.4 Å². The number of halogens is 1. The lowest BCUT2D eigenvalue weighted by Gasteiger charge is -2.15. The summed E-state index contributed by atoms with van der Waals surface area (Å²) in [5, 5.41) is 2.94. The van der Waals surface area contributed by atoms with Gasteiger partial charge in [0.15, 0.2) is 0 Å². The molecule has 0 unspecified atom stereocenters. The molecule has 0 bridgehead atoms. The lowest BCUT2D eigenvalue weighted by molar-refractivity contribution is -0.121. The van der Waals surface area contributed by atoms with E-state index in [0.717, 1.165) is 0 Å². The number of nitrogens with one attached hydrogen (secondary N) is 1. The number of hydrogen-bond acceptors (Lipinski definition) is 3. The molecule has 1 N–H and O–H groups in total. The van der Waals surface area contributed by atoms with Crippen LogP contribution < -0.4 is 10.9 Å². The standard InChI is InChI=1S/C13H20ClN3O2/c1-8(2)6-15-11(18)7-17-12(19)5-10(14)16-13(17)9(3)4/h5,8-9H,6-7H2,1-4H3,(H,15,18). The third kappa shape index (κ3) is 4.67. The van der Waals surface area contributed by atoms with E-state index in [2.05, 4.69) is 10.3 Å². The summed E-state index contributed by atoms with van der Waals surface area (Å²) >= 11 is 5.78. The first-order chi connectivity index (χ1) is 8.81. The predicted octanol–water partition coefficient (Wildman–Crippen LogP) is 1.79. The highest BCUT2D eigenvalue weighted by molar-refractivity contribution is 6.29. The van der Waals surface area contributed by atoms with Crippen LogP contribution in [0, 0.1) is 5.92 Å². The van der Waals surface area contributed by atoms with Gasteiger partial charge in [0.05, 0.1) is 0 Å². The molecule has 5 nitrogen and oxygen atoms in total. The molecule has 0 saturated carbocycles. The van der Waals surface area contributed by atoms with Gasteiger partial charge in [0, 0.05) is 18.5 Å². The lowest BCUT2D eigenvalue weighted by Crippen LogP contribution is -2.36. The van der Waals surface area contributed by atoms with Crippen LogP contribution in [0.4, 0.5) is 0 Å². The quantitative estimate of drug-likeness (QED) is 0.839. The van der Waals surface area contributed by atoms with Gasteiger partial charge in [-0.15, -0.1) is 0 Å². The predicted molar refractivity (Wildman–Crippen MR) is 75.4 cm³/mol. The summed E-state index contributed by atoms with van der Waals surface area (Å²) in [5.74, 6) is 0.719. The third-order valence-corrected chi connectivity index (χ3v) is 2.73. The van der Waals surface area contributed by atoms with Crippen LogP contribution in [0.2, 0.25) is 5.15 Å². The molecular formula is C13H20ClN3O2. The molecule has 1 aromatic heterocycles. The Bertz CT molecular complexity index is 509. The normalized spacial score (nSPS) is 11.1. The fourth-order valence-electron chi connectivity index (χ4n) is 1.61. The SMILES string of the molecule is CC(C)CNC(=O)Cn1c(C(C)C)nc(Cl)cc1=O. The van der Waals surface area contributed by atoms with E-state index in [4.69, 9.17) is 11.6 Å². The van der Waals surface area contributed by atoms with E-state index in [9.17, 15) is 9.59 Å². The first kappa shape index (κ1) is 15.7. The molecular weight excluding hydrogens is 266 g/mol. The summed E-state index contributed by atoms with van der Waals surface area (Å²) in [6, 6.07) is 1.23. The van der Waals surface area contributed by atoms with Crippen LogP contribution in [-0.2, 0) is 11.3 Å². The molecule has 0 aliphatic heterocycles. The van der Waals surface area contributed by atoms with E-state index in [1.807, 2.05) is 27.7 Å². The summed E-state index contributed by atoms with van der Waals surface area (Å²) in [6.07, 6.45) is 0. The Kier molecular flexibility index (Phi) is 5.54. The molecule has 0 fully saturated rings. The molecule has 0 spiro atoms. The molecule has 0 saturated heterocycles. The summed E-state index contributed by atoms with van der Waals surface area (Å²) < 4.78 is 1.37. The zero-order chi connectivity index (χ0) is 14.6. The van der Waals surface area contributed by atoms with Gasteiger partial charge in [0.1, 0.15) is 17.5 Å². The summed E-state index contributed by atoms with van der Waals surface area (Å²) in [7, 11) is 0. The number of hydrogen-bond donors (Lipinski definition) is 1. The highest BCUT2D eigenvalue weighted by atomic mass is 35.5. The van der Waals surface area contributed by atoms with Crippen LogP contribution in [0.15, 0.2) is 10.9 Å². The number of amides is 1. The minimum Gasteiger partial charge on any atom is -0.354 e. The van der Waals surface area contributed by atoms with Crippen molar-refractivity contribution in [3.63, 3.8) is 0 Å². The van der Waals surface area contributed by atoms with E-state index in [0.29, 0.717) is 18.3 Å². The fraction of sp³-hybridized carbons (Fsp3) is 0.615. The summed E-state index contributed by atoms with van der Waals surface area (Å²) in [5.41, 5.74) is -0.302. The van der Waals surface area contributed by atoms with Crippen LogP contribution >= 0.6 is 11.6 Å². The minimum absolute atomic E-state index is 0.0179. The van der Waals surface area contributed by atoms with Crippen molar-refractivity contribution in [2.75, 3.05) is 6.54 Å². The van der Waals surface area contributed by atoms with Crippen molar-refractivity contribution in [2.24, 2.45) is 5.92 Å². The van der Waals surface area contributed by atoms with Crippen LogP contribution in [-0.4, -0.2) is 22.0 Å². The van der Waals surface area contributed by atoms with Gasteiger partial charge in [0.25, 0.3) is 5.56 Å². The number of nitrogens with zero attached hydrogens (tertiary/aromatic N) is 2. The second kappa shape index (κ2) is 6.70. The van der Waals surface area contributed by atoms with E-state index in [1.165, 1.54) is 10.6 Å². The topological polar surface area (TPSA) is 64.0 Å². The van der Waals surface area contributed by atoms with Crippen LogP contribution in [0.5, 0.6) is 0 Å². The van der Waals surface area contributed by atoms with Gasteiger partial charge >= 0.3 is 0 Å². The van der Waals surface area contributed by atoms with Crippen molar-refractivity contribution in [2.45, 2.75) is 40.2 Å². The number of carbonyl (C=O) groups excluding carboxylic acids is 1. The molecule has 6 heteroatoms. The van der Waals surface area contributed by atoms with Gasteiger partial charge in [-0.1, -0.05) is 39.3 Å². The Morgan fingerprint density at radius 2 is 2.05 bits per heavy atom. The maximum absolute atomic E-state index is 11.9. The van der Waals surface area contributed by atoms with Crippen molar-refractivity contribution in [3.8, 4) is 0 Å². The second-order valence-corrected chi connectivity index (χ2v) is 5.60. The molecule has 1 amide bonds. The average Bonchev–Trinajstić information content (AvgIpc) is 2.29. The zero-order valence-electron chi connectivity index (χ0n) is 11.7. The zero-order valence-corrected chi connectivity index (χ0v) is 12.5. The lowest BCUT2D eigenvalue weighted by atomic mass is 10.2. The van der Waals surface area contributed by atoms with Gasteiger partial charge in [-0.05, 0) is 5.92 Å². The summed E-state index contributed by atoms with van der Waals surface area (Å²) in [6.45, 7) is 8.39. The van der Waals surface area contributed by atoms with Crippen molar-refractivity contribution in [1.82, 2.24) is 14.9 Å². The molecule has 19 heavy (non-hydrogen) atoms. The smallest absolute Gasteiger partial charge is 0.255 e. The molecule has 1 heterocycles. The van der Waals surface area contributed by atoms with Crippen molar-refractivity contribution in [1.29, 1.82) is 0 Å². The summed E-state index contributed by atoms with van der Waals surface area (Å²) in [4.78, 5) is 27.8. The third-order valence-electron chi connectivity index (χ3n) is 2.53. The van der Waals surface area contributed by atoms with E-state index in [1.54, 1.807) is 0 Å². The first-order valence-electron chi connectivity index (χ1n) is 6.35. The highest BCUT2D eigenvalue weighted by Gasteiger charge is 2.14. The van der Waals surface area contributed by atoms with Gasteiger partial charge < -0.3 is 5.32 Å². The Hall–Kier alpha value is -1.36. The Morgan fingerprint density at radius 3 is 2.58 bits per heavy atom. The molecule has 106 valence electrons. The Labute approximate surface area is 118 Å². The van der Waals surface area contributed by atoms with Crippen molar-refractivity contribution < 1.29 is 4.79 Å². The maximum atomic E-state index is 11.9. The van der Waals surface area contributed by atoms with Crippen LogP contribution in [0.25, 0.3) is 0 Å². The van der Waals surface area contributed by atoms with Gasteiger partial charge in [-0.25, -0.2) is 4.98 Å². The maximum Gasteiger partial charge on any atom is 0.255 e. The second-order valence-electron chi connectivity index (χ2n) is 5.21. The van der Waals surface area contributed by atoms with Gasteiger partial charge in [-0.3, -0.25) is 14.2 Å². The van der Waals surface area contributed by atoms with Crippen molar-refractivity contribution >= 4 is 17.5 Å². The van der Waals surface area contributed by atoms with E-state index < -0.39 is 0 Å². The minimum atomic E-state index is -0.302. The Morgan fingerprint density at radius 1 is 1.42 bits per heavy atom. The molecule has 0 radical (unpaired) electrons. The largest absolute Gasteiger partial charge is 0.354 e. The molecule has 0 aromatic carbocycles. The highest BCUT2D eigenvalue weighted by Crippen LogP contribution is 2.12. The van der Waals surface area contributed by atoms with Gasteiger partial charge in [0.2, 0.25) is 5.91 Å². The monoisotopic (exact) mass is 285 g/mol. The van der Waals surface area contributed by atoms with Gasteiger partial charge in [-0.2, -0.15) is 0 Å².